The van der Waals surface area contributed by atoms with Gasteiger partial charge >= 0.3 is 0 Å². The monoisotopic (exact) mass is 489 g/mol. The van der Waals surface area contributed by atoms with Crippen LogP contribution in [0.25, 0.3) is 11.1 Å². The van der Waals surface area contributed by atoms with Gasteiger partial charge in [-0.3, -0.25) is 14.7 Å². The summed E-state index contributed by atoms with van der Waals surface area (Å²) in [5.41, 5.74) is 3.50. The van der Waals surface area contributed by atoms with Gasteiger partial charge in [-0.2, -0.15) is 0 Å². The summed E-state index contributed by atoms with van der Waals surface area (Å²) in [6.45, 7) is 5.12. The molecule has 0 bridgehead atoms. The van der Waals surface area contributed by atoms with Gasteiger partial charge in [0.1, 0.15) is 5.82 Å². The van der Waals surface area contributed by atoms with Gasteiger partial charge < -0.3 is 10.2 Å². The van der Waals surface area contributed by atoms with E-state index in [1.807, 2.05) is 30.5 Å². The number of aromatic nitrogens is 2. The smallest absolute Gasteiger partial charge is 0.253 e. The maximum absolute atomic E-state index is 13.0. The predicted molar refractivity (Wildman–Crippen MR) is 141 cm³/mol. The summed E-state index contributed by atoms with van der Waals surface area (Å²) in [5.74, 6) is 0.892. The first-order chi connectivity index (χ1) is 17.2. The Bertz CT molecular complexity index is 1120. The van der Waals surface area contributed by atoms with E-state index in [4.69, 9.17) is 16.6 Å². The molecule has 2 fully saturated rings. The Balaban J connectivity index is 1.15. The van der Waals surface area contributed by atoms with Crippen molar-refractivity contribution in [2.75, 3.05) is 31.1 Å². The standard InChI is InChI=1S/C28H32ClN5O/c29-27-24(22-6-5-13-30-19-22)7-4-8-25(27)28(35)32-23-11-16-34(17-12-23)26-10-9-21(18-31-26)20-33-14-2-1-3-15-33/h4-10,13,18-19,23H,1-3,11-12,14-17,20H2,(H,32,35). The van der Waals surface area contributed by atoms with E-state index in [-0.39, 0.29) is 11.9 Å². The van der Waals surface area contributed by atoms with Gasteiger partial charge in [-0.25, -0.2) is 4.98 Å². The molecular weight excluding hydrogens is 458 g/mol. The number of pyridine rings is 2. The van der Waals surface area contributed by atoms with E-state index in [0.717, 1.165) is 49.4 Å². The molecule has 2 aromatic heterocycles. The molecule has 1 amide bonds. The topological polar surface area (TPSA) is 61.4 Å². The lowest BCUT2D eigenvalue weighted by Gasteiger charge is -2.33. The molecule has 0 atom stereocenters. The van der Waals surface area contributed by atoms with E-state index in [2.05, 4.69) is 32.2 Å². The van der Waals surface area contributed by atoms with Crippen molar-refractivity contribution < 1.29 is 4.79 Å². The van der Waals surface area contributed by atoms with Crippen molar-refractivity contribution in [3.05, 3.63) is 77.2 Å². The number of carbonyl (C=O) groups excluding carboxylic acids is 1. The number of nitrogens with zero attached hydrogens (tertiary/aromatic N) is 4. The van der Waals surface area contributed by atoms with Gasteiger partial charge in [0, 0.05) is 55.4 Å². The third-order valence-electron chi connectivity index (χ3n) is 7.03. The fourth-order valence-corrected chi connectivity index (χ4v) is 5.36. The first-order valence-electron chi connectivity index (χ1n) is 12.6. The number of halogens is 1. The van der Waals surface area contributed by atoms with Gasteiger partial charge in [0.15, 0.2) is 0 Å². The van der Waals surface area contributed by atoms with Crippen LogP contribution in [0.4, 0.5) is 5.82 Å². The molecule has 2 saturated heterocycles. The summed E-state index contributed by atoms with van der Waals surface area (Å²) in [6, 6.07) is 13.8. The van der Waals surface area contributed by atoms with Crippen LogP contribution in [-0.2, 0) is 6.54 Å². The molecule has 1 aromatic carbocycles. The Kier molecular flexibility index (Phi) is 7.60. The minimum atomic E-state index is -0.126. The average Bonchev–Trinajstić information content (AvgIpc) is 2.91. The van der Waals surface area contributed by atoms with Crippen molar-refractivity contribution in [1.82, 2.24) is 20.2 Å². The fourth-order valence-electron chi connectivity index (χ4n) is 5.04. The fraction of sp³-hybridized carbons (Fsp3) is 0.393. The Morgan fingerprint density at radius 2 is 1.80 bits per heavy atom. The molecule has 2 aliphatic heterocycles. The first kappa shape index (κ1) is 23.8. The van der Waals surface area contributed by atoms with Gasteiger partial charge in [0.05, 0.1) is 10.6 Å². The highest BCUT2D eigenvalue weighted by atomic mass is 35.5. The van der Waals surface area contributed by atoms with E-state index >= 15 is 0 Å². The van der Waals surface area contributed by atoms with E-state index in [1.54, 1.807) is 18.5 Å². The number of hydrogen-bond donors (Lipinski definition) is 1. The van der Waals surface area contributed by atoms with Crippen LogP contribution in [0.5, 0.6) is 0 Å². The molecule has 0 saturated carbocycles. The molecule has 182 valence electrons. The number of anilines is 1. The molecule has 0 aliphatic carbocycles. The molecule has 7 heteroatoms. The third-order valence-corrected chi connectivity index (χ3v) is 7.44. The first-order valence-corrected chi connectivity index (χ1v) is 13.0. The highest BCUT2D eigenvalue weighted by Crippen LogP contribution is 2.30. The van der Waals surface area contributed by atoms with Crippen LogP contribution in [0.3, 0.4) is 0 Å². The SMILES string of the molecule is O=C(NC1CCN(c2ccc(CN3CCCCC3)cn2)CC1)c1cccc(-c2cccnc2)c1Cl. The second-order valence-corrected chi connectivity index (χ2v) is 9.88. The van der Waals surface area contributed by atoms with E-state index in [9.17, 15) is 4.79 Å². The summed E-state index contributed by atoms with van der Waals surface area (Å²) in [4.78, 5) is 26.8. The molecule has 5 rings (SSSR count). The molecule has 35 heavy (non-hydrogen) atoms. The average molecular weight is 490 g/mol. The predicted octanol–water partition coefficient (Wildman–Crippen LogP) is 5.18. The molecule has 1 N–H and O–H groups in total. The summed E-state index contributed by atoms with van der Waals surface area (Å²) >= 11 is 6.63. The Morgan fingerprint density at radius 3 is 2.51 bits per heavy atom. The minimum Gasteiger partial charge on any atom is -0.356 e. The molecular formula is C28H32ClN5O. The van der Waals surface area contributed by atoms with Crippen LogP contribution in [0.2, 0.25) is 5.02 Å². The maximum Gasteiger partial charge on any atom is 0.253 e. The normalized spacial score (nSPS) is 17.3. The third kappa shape index (κ3) is 5.82. The van der Waals surface area contributed by atoms with Crippen molar-refractivity contribution in [1.29, 1.82) is 0 Å². The van der Waals surface area contributed by atoms with Crippen molar-refractivity contribution in [2.45, 2.75) is 44.7 Å². The van der Waals surface area contributed by atoms with Gasteiger partial charge in [-0.1, -0.05) is 42.3 Å². The largest absolute Gasteiger partial charge is 0.356 e. The zero-order valence-electron chi connectivity index (χ0n) is 20.0. The number of likely N-dealkylation sites (tertiary alicyclic amines) is 1. The van der Waals surface area contributed by atoms with Crippen molar-refractivity contribution >= 4 is 23.3 Å². The number of rotatable bonds is 6. The number of carbonyl (C=O) groups is 1. The lowest BCUT2D eigenvalue weighted by molar-refractivity contribution is 0.0931. The van der Waals surface area contributed by atoms with Gasteiger partial charge in [-0.05, 0) is 62.5 Å². The molecule has 0 spiro atoms. The molecule has 0 unspecified atom stereocenters. The highest BCUT2D eigenvalue weighted by molar-refractivity contribution is 6.36. The summed E-state index contributed by atoms with van der Waals surface area (Å²) in [5, 5.41) is 3.65. The molecule has 2 aliphatic rings. The van der Waals surface area contributed by atoms with Crippen LogP contribution in [0.1, 0.15) is 48.0 Å². The summed E-state index contributed by atoms with van der Waals surface area (Å²) < 4.78 is 0. The lowest BCUT2D eigenvalue weighted by Crippen LogP contribution is -2.45. The quantitative estimate of drug-likeness (QED) is 0.516. The van der Waals surface area contributed by atoms with Gasteiger partial charge in [-0.15, -0.1) is 0 Å². The second kappa shape index (κ2) is 11.2. The Labute approximate surface area is 212 Å². The highest BCUT2D eigenvalue weighted by Gasteiger charge is 2.23. The number of piperidine rings is 2. The molecule has 6 nitrogen and oxygen atoms in total. The number of hydrogen-bond acceptors (Lipinski definition) is 5. The van der Waals surface area contributed by atoms with Crippen LogP contribution < -0.4 is 10.2 Å². The van der Waals surface area contributed by atoms with Crippen LogP contribution in [0.15, 0.2) is 61.1 Å². The number of nitrogens with one attached hydrogen (secondary N) is 1. The molecule has 3 aromatic rings. The van der Waals surface area contributed by atoms with Crippen LogP contribution in [0, 0.1) is 0 Å². The van der Waals surface area contributed by atoms with E-state index in [1.165, 1.54) is 37.9 Å². The lowest BCUT2D eigenvalue weighted by atomic mass is 10.0. The number of amides is 1. The zero-order valence-corrected chi connectivity index (χ0v) is 20.8. The van der Waals surface area contributed by atoms with Crippen molar-refractivity contribution in [3.8, 4) is 11.1 Å². The molecule has 0 radical (unpaired) electrons. The van der Waals surface area contributed by atoms with Crippen molar-refractivity contribution in [3.63, 3.8) is 0 Å². The Hall–Kier alpha value is -2.96. The van der Waals surface area contributed by atoms with Crippen molar-refractivity contribution in [2.24, 2.45) is 0 Å². The van der Waals surface area contributed by atoms with Crippen LogP contribution >= 0.6 is 11.6 Å². The van der Waals surface area contributed by atoms with Gasteiger partial charge in [0.25, 0.3) is 5.91 Å². The zero-order chi connectivity index (χ0) is 24.0. The summed E-state index contributed by atoms with van der Waals surface area (Å²) in [6.07, 6.45) is 11.2. The molecule has 4 heterocycles. The summed E-state index contributed by atoms with van der Waals surface area (Å²) in [7, 11) is 0. The van der Waals surface area contributed by atoms with E-state index < -0.39 is 0 Å². The van der Waals surface area contributed by atoms with E-state index in [0.29, 0.717) is 10.6 Å². The van der Waals surface area contributed by atoms with Gasteiger partial charge in [0.2, 0.25) is 0 Å². The second-order valence-electron chi connectivity index (χ2n) is 9.51. The maximum atomic E-state index is 13.0. The Morgan fingerprint density at radius 1 is 0.971 bits per heavy atom. The minimum absolute atomic E-state index is 0.121. The van der Waals surface area contributed by atoms with Crippen LogP contribution in [-0.4, -0.2) is 53.0 Å². The number of benzene rings is 1.